The summed E-state index contributed by atoms with van der Waals surface area (Å²) >= 11 is 0. The summed E-state index contributed by atoms with van der Waals surface area (Å²) in [7, 11) is 1.90. The number of hydrogen-bond donors (Lipinski definition) is 2. The summed E-state index contributed by atoms with van der Waals surface area (Å²) in [5.41, 5.74) is 8.20. The highest BCUT2D eigenvalue weighted by molar-refractivity contribution is 5.90. The van der Waals surface area contributed by atoms with E-state index < -0.39 is 12.0 Å². The van der Waals surface area contributed by atoms with Gasteiger partial charge in [0.05, 0.1) is 0 Å². The predicted octanol–water partition coefficient (Wildman–Crippen LogP) is 1.11. The van der Waals surface area contributed by atoms with Gasteiger partial charge in [-0.1, -0.05) is 12.0 Å². The lowest BCUT2D eigenvalue weighted by molar-refractivity contribution is -0.138. The van der Waals surface area contributed by atoms with Crippen molar-refractivity contribution in [2.24, 2.45) is 12.8 Å². The van der Waals surface area contributed by atoms with Crippen LogP contribution in [0.15, 0.2) is 24.4 Å². The Labute approximate surface area is 105 Å². The Hall–Kier alpha value is -2.25. The number of rotatable bonds is 3. The van der Waals surface area contributed by atoms with E-state index in [0.717, 1.165) is 22.0 Å². The van der Waals surface area contributed by atoms with Crippen molar-refractivity contribution < 1.29 is 9.90 Å². The largest absolute Gasteiger partial charge is 0.480 e. The number of fused-ring (bicyclic) bond motifs is 1. The Kier molecular flexibility index (Phi) is 3.09. The summed E-state index contributed by atoms with van der Waals surface area (Å²) in [5, 5.41) is 9.79. The number of nitrogens with two attached hydrogens (primary N) is 1. The molecule has 4 heteroatoms. The van der Waals surface area contributed by atoms with Gasteiger partial charge in [0.15, 0.2) is 0 Å². The Bertz CT molecular complexity index is 650. The Morgan fingerprint density at radius 3 is 2.94 bits per heavy atom. The lowest BCUT2D eigenvalue weighted by atomic mass is 10.0. The smallest absolute Gasteiger partial charge is 0.320 e. The van der Waals surface area contributed by atoms with Crippen LogP contribution < -0.4 is 5.73 Å². The average Bonchev–Trinajstić information content (AvgIpc) is 2.66. The molecule has 0 radical (unpaired) electrons. The molecule has 0 saturated carbocycles. The standard InChI is InChI=1S/C14H14N2O2/c1-3-9-5-4-6-12-13(9)10(8-16(12)2)7-11(15)14(17)18/h1,4-6,8,11H,7,15H2,2H3,(H,17,18). The lowest BCUT2D eigenvalue weighted by Crippen LogP contribution is -2.32. The van der Waals surface area contributed by atoms with Crippen LogP contribution in [0.4, 0.5) is 0 Å². The molecule has 0 spiro atoms. The number of nitrogens with zero attached hydrogens (tertiary/aromatic N) is 1. The Balaban J connectivity index is 2.58. The summed E-state index contributed by atoms with van der Waals surface area (Å²) in [6.45, 7) is 0. The lowest BCUT2D eigenvalue weighted by Gasteiger charge is -2.05. The first-order valence-electron chi connectivity index (χ1n) is 5.56. The highest BCUT2D eigenvalue weighted by Crippen LogP contribution is 2.25. The second-order valence-electron chi connectivity index (χ2n) is 4.26. The van der Waals surface area contributed by atoms with Crippen LogP contribution in [0.3, 0.4) is 0 Å². The molecule has 1 aromatic carbocycles. The average molecular weight is 242 g/mol. The summed E-state index contributed by atoms with van der Waals surface area (Å²) in [6.07, 6.45) is 7.63. The number of carboxylic acid groups (broad SMARTS) is 1. The molecule has 0 aliphatic rings. The molecule has 2 aromatic rings. The van der Waals surface area contributed by atoms with Gasteiger partial charge in [-0.15, -0.1) is 6.42 Å². The van der Waals surface area contributed by atoms with Gasteiger partial charge in [0.1, 0.15) is 6.04 Å². The van der Waals surface area contributed by atoms with Crippen molar-refractivity contribution in [3.8, 4) is 12.3 Å². The molecule has 0 aliphatic heterocycles. The van der Waals surface area contributed by atoms with Gasteiger partial charge < -0.3 is 15.4 Å². The van der Waals surface area contributed by atoms with Crippen molar-refractivity contribution in [1.82, 2.24) is 4.57 Å². The minimum Gasteiger partial charge on any atom is -0.480 e. The molecule has 1 atom stereocenters. The fraction of sp³-hybridized carbons (Fsp3) is 0.214. The van der Waals surface area contributed by atoms with Crippen LogP contribution in [0.5, 0.6) is 0 Å². The van der Waals surface area contributed by atoms with Crippen molar-refractivity contribution in [1.29, 1.82) is 0 Å². The summed E-state index contributed by atoms with van der Waals surface area (Å²) in [6, 6.07) is 4.77. The topological polar surface area (TPSA) is 68.2 Å². The molecule has 0 bridgehead atoms. The van der Waals surface area contributed by atoms with Gasteiger partial charge in [0.2, 0.25) is 0 Å². The fourth-order valence-corrected chi connectivity index (χ4v) is 2.14. The fourth-order valence-electron chi connectivity index (χ4n) is 2.14. The van der Waals surface area contributed by atoms with Gasteiger partial charge in [-0.3, -0.25) is 4.79 Å². The van der Waals surface area contributed by atoms with Crippen molar-refractivity contribution in [3.05, 3.63) is 35.5 Å². The SMILES string of the molecule is C#Cc1cccc2c1c(CC(N)C(=O)O)cn2C. The molecule has 0 fully saturated rings. The molecule has 0 aliphatic carbocycles. The summed E-state index contributed by atoms with van der Waals surface area (Å²) in [4.78, 5) is 10.8. The number of aromatic nitrogens is 1. The molecular formula is C14H14N2O2. The molecule has 0 amide bonds. The van der Waals surface area contributed by atoms with E-state index in [4.69, 9.17) is 17.3 Å². The van der Waals surface area contributed by atoms with E-state index in [1.165, 1.54) is 0 Å². The summed E-state index contributed by atoms with van der Waals surface area (Å²) < 4.78 is 1.93. The molecule has 1 heterocycles. The van der Waals surface area contributed by atoms with E-state index in [1.54, 1.807) is 0 Å². The van der Waals surface area contributed by atoms with Gasteiger partial charge in [-0.05, 0) is 17.7 Å². The van der Waals surface area contributed by atoms with Crippen LogP contribution >= 0.6 is 0 Å². The van der Waals surface area contributed by atoms with E-state index in [2.05, 4.69) is 5.92 Å². The highest BCUT2D eigenvalue weighted by atomic mass is 16.4. The third-order valence-corrected chi connectivity index (χ3v) is 3.01. The van der Waals surface area contributed by atoms with Crippen molar-refractivity contribution in [2.45, 2.75) is 12.5 Å². The van der Waals surface area contributed by atoms with E-state index in [1.807, 2.05) is 36.0 Å². The quantitative estimate of drug-likeness (QED) is 0.792. The number of terminal acetylenes is 1. The normalized spacial score (nSPS) is 12.3. The first-order chi connectivity index (χ1) is 8.54. The maximum atomic E-state index is 10.8. The first kappa shape index (κ1) is 12.2. The number of carbonyl (C=O) groups is 1. The molecule has 18 heavy (non-hydrogen) atoms. The molecular weight excluding hydrogens is 228 g/mol. The third kappa shape index (κ3) is 1.96. The molecule has 92 valence electrons. The molecule has 4 nitrogen and oxygen atoms in total. The van der Waals surface area contributed by atoms with Crippen molar-refractivity contribution in [3.63, 3.8) is 0 Å². The maximum absolute atomic E-state index is 10.8. The number of benzene rings is 1. The van der Waals surface area contributed by atoms with Gasteiger partial charge in [-0.25, -0.2) is 0 Å². The number of carboxylic acids is 1. The van der Waals surface area contributed by atoms with E-state index >= 15 is 0 Å². The van der Waals surface area contributed by atoms with Gasteiger partial charge in [0, 0.05) is 36.1 Å². The van der Waals surface area contributed by atoms with Crippen molar-refractivity contribution in [2.75, 3.05) is 0 Å². The number of aryl methyl sites for hydroxylation is 1. The van der Waals surface area contributed by atoms with Crippen LogP contribution in [0.25, 0.3) is 10.9 Å². The zero-order chi connectivity index (χ0) is 13.3. The third-order valence-electron chi connectivity index (χ3n) is 3.01. The maximum Gasteiger partial charge on any atom is 0.320 e. The first-order valence-corrected chi connectivity index (χ1v) is 5.56. The van der Waals surface area contributed by atoms with E-state index in [9.17, 15) is 4.79 Å². The molecule has 2 rings (SSSR count). The van der Waals surface area contributed by atoms with Gasteiger partial charge >= 0.3 is 5.97 Å². The zero-order valence-corrected chi connectivity index (χ0v) is 10.1. The highest BCUT2D eigenvalue weighted by Gasteiger charge is 2.17. The molecule has 1 unspecified atom stereocenters. The number of hydrogen-bond acceptors (Lipinski definition) is 2. The van der Waals surface area contributed by atoms with Crippen LogP contribution in [0.1, 0.15) is 11.1 Å². The summed E-state index contributed by atoms with van der Waals surface area (Å²) in [5.74, 6) is 1.62. The van der Waals surface area contributed by atoms with Crippen LogP contribution in [0.2, 0.25) is 0 Å². The van der Waals surface area contributed by atoms with Crippen LogP contribution in [-0.2, 0) is 18.3 Å². The second kappa shape index (κ2) is 4.55. The number of aliphatic carboxylic acids is 1. The van der Waals surface area contributed by atoms with Gasteiger partial charge in [-0.2, -0.15) is 0 Å². The van der Waals surface area contributed by atoms with Crippen LogP contribution in [-0.4, -0.2) is 21.7 Å². The minimum absolute atomic E-state index is 0.269. The van der Waals surface area contributed by atoms with E-state index in [0.29, 0.717) is 0 Å². The Morgan fingerprint density at radius 1 is 1.61 bits per heavy atom. The molecule has 3 N–H and O–H groups in total. The molecule has 0 saturated heterocycles. The van der Waals surface area contributed by atoms with E-state index in [-0.39, 0.29) is 6.42 Å². The van der Waals surface area contributed by atoms with Gasteiger partial charge in [0.25, 0.3) is 0 Å². The monoisotopic (exact) mass is 242 g/mol. The minimum atomic E-state index is -1.01. The van der Waals surface area contributed by atoms with Crippen molar-refractivity contribution >= 4 is 16.9 Å². The Morgan fingerprint density at radius 2 is 2.33 bits per heavy atom. The predicted molar refractivity (Wildman–Crippen MR) is 70.2 cm³/mol. The van der Waals surface area contributed by atoms with Crippen LogP contribution in [0, 0.1) is 12.3 Å². The molecule has 1 aromatic heterocycles. The second-order valence-corrected chi connectivity index (χ2v) is 4.26. The zero-order valence-electron chi connectivity index (χ0n) is 10.1.